The van der Waals surface area contributed by atoms with Gasteiger partial charge < -0.3 is 14.5 Å². The zero-order valence-electron chi connectivity index (χ0n) is 18.5. The normalized spacial score (nSPS) is 11.6. The van der Waals surface area contributed by atoms with Gasteiger partial charge in [0.15, 0.2) is 0 Å². The number of hydrogen-bond acceptors (Lipinski definition) is 7. The Morgan fingerprint density at radius 3 is 2.44 bits per heavy atom. The molecule has 0 amide bonds. The van der Waals surface area contributed by atoms with Crippen LogP contribution in [0.15, 0.2) is 75.7 Å². The lowest BCUT2D eigenvalue weighted by molar-refractivity contribution is 0.0600. The van der Waals surface area contributed by atoms with Gasteiger partial charge >= 0.3 is 5.97 Å². The van der Waals surface area contributed by atoms with Gasteiger partial charge in [-0.25, -0.2) is 13.2 Å². The van der Waals surface area contributed by atoms with E-state index in [9.17, 15) is 18.0 Å². The Balaban J connectivity index is 1.74. The summed E-state index contributed by atoms with van der Waals surface area (Å²) in [7, 11) is -1.19. The molecule has 0 aliphatic carbocycles. The molecule has 2 heterocycles. The molecule has 0 radical (unpaired) electrons. The van der Waals surface area contributed by atoms with Crippen molar-refractivity contribution < 1.29 is 22.7 Å². The number of benzene rings is 2. The summed E-state index contributed by atoms with van der Waals surface area (Å²) < 4.78 is 38.3. The molecule has 0 bridgehead atoms. The van der Waals surface area contributed by atoms with Gasteiger partial charge in [0.05, 0.1) is 24.7 Å². The van der Waals surface area contributed by atoms with Crippen LogP contribution in [0.5, 0.6) is 5.75 Å². The lowest BCUT2D eigenvalue weighted by atomic mass is 10.1. The molecule has 2 aromatic heterocycles. The fraction of sp³-hybridized carbons (Fsp3) is 0.167. The van der Waals surface area contributed by atoms with E-state index in [-0.39, 0.29) is 29.1 Å². The summed E-state index contributed by atoms with van der Waals surface area (Å²) in [5.41, 5.74) is 0.795. The van der Waals surface area contributed by atoms with E-state index in [1.165, 1.54) is 47.0 Å². The molecule has 0 aliphatic heterocycles. The van der Waals surface area contributed by atoms with Gasteiger partial charge in [-0.05, 0) is 60.0 Å². The average molecular weight is 499 g/mol. The Hall–Kier alpha value is -3.47. The molecule has 176 valence electrons. The quantitative estimate of drug-likeness (QED) is 0.371. The van der Waals surface area contributed by atoms with Gasteiger partial charge in [-0.2, -0.15) is 4.31 Å². The van der Waals surface area contributed by atoms with Crippen LogP contribution >= 0.6 is 11.3 Å². The third-order valence-corrected chi connectivity index (χ3v) is 7.97. The summed E-state index contributed by atoms with van der Waals surface area (Å²) in [5, 5.41) is 2.59. The van der Waals surface area contributed by atoms with Gasteiger partial charge in [-0.15, -0.1) is 11.3 Å². The Kier molecular flexibility index (Phi) is 6.82. The number of nitrogens with one attached hydrogen (secondary N) is 1. The number of thiophene rings is 1. The molecule has 10 heteroatoms. The summed E-state index contributed by atoms with van der Waals surface area (Å²) in [6.45, 7) is -0.0458. The number of carbonyl (C=O) groups is 1. The Morgan fingerprint density at radius 1 is 1.03 bits per heavy atom. The van der Waals surface area contributed by atoms with Crippen molar-refractivity contribution in [2.24, 2.45) is 0 Å². The van der Waals surface area contributed by atoms with Crippen LogP contribution in [0, 0.1) is 0 Å². The van der Waals surface area contributed by atoms with E-state index in [1.807, 2.05) is 17.5 Å². The third-order valence-electron chi connectivity index (χ3n) is 5.30. The van der Waals surface area contributed by atoms with Crippen LogP contribution in [-0.4, -0.2) is 37.9 Å². The van der Waals surface area contributed by atoms with Crippen molar-refractivity contribution in [2.45, 2.75) is 18.0 Å². The fourth-order valence-electron chi connectivity index (χ4n) is 3.50. The van der Waals surface area contributed by atoms with Gasteiger partial charge in [0.2, 0.25) is 10.0 Å². The number of rotatable bonds is 8. The SMILES string of the molecule is COC(=O)c1ccc(S(=O)(=O)N(Cc2cccs2)Cc2cc3cc(OC)ccc3[nH]c2=O)cc1. The van der Waals surface area contributed by atoms with E-state index < -0.39 is 16.0 Å². The topological polar surface area (TPSA) is 106 Å². The minimum Gasteiger partial charge on any atom is -0.497 e. The number of H-pyrrole nitrogens is 1. The lowest BCUT2D eigenvalue weighted by Gasteiger charge is -2.22. The van der Waals surface area contributed by atoms with Crippen LogP contribution in [0.4, 0.5) is 0 Å². The van der Waals surface area contributed by atoms with Crippen LogP contribution in [0.25, 0.3) is 10.9 Å². The molecule has 34 heavy (non-hydrogen) atoms. The first-order valence-corrected chi connectivity index (χ1v) is 12.5. The third kappa shape index (κ3) is 4.89. The summed E-state index contributed by atoms with van der Waals surface area (Å²) in [4.78, 5) is 28.2. The summed E-state index contributed by atoms with van der Waals surface area (Å²) in [5.74, 6) is 0.0665. The van der Waals surface area contributed by atoms with Crippen LogP contribution in [0.1, 0.15) is 20.8 Å². The molecule has 1 N–H and O–H groups in total. The van der Waals surface area contributed by atoms with E-state index in [0.29, 0.717) is 16.8 Å². The van der Waals surface area contributed by atoms with E-state index >= 15 is 0 Å². The highest BCUT2D eigenvalue weighted by Gasteiger charge is 2.27. The second-order valence-electron chi connectivity index (χ2n) is 7.45. The lowest BCUT2D eigenvalue weighted by Crippen LogP contribution is -2.32. The molecule has 0 aliphatic rings. The van der Waals surface area contributed by atoms with Crippen LogP contribution in [0.2, 0.25) is 0 Å². The molecular weight excluding hydrogens is 476 g/mol. The van der Waals surface area contributed by atoms with Crippen molar-refractivity contribution in [3.63, 3.8) is 0 Å². The van der Waals surface area contributed by atoms with Gasteiger partial charge in [-0.1, -0.05) is 6.07 Å². The van der Waals surface area contributed by atoms with Crippen LogP contribution in [-0.2, 0) is 27.8 Å². The number of methoxy groups -OCH3 is 2. The molecule has 4 rings (SSSR count). The smallest absolute Gasteiger partial charge is 0.337 e. The highest BCUT2D eigenvalue weighted by atomic mass is 32.2. The fourth-order valence-corrected chi connectivity index (χ4v) is 5.69. The molecule has 0 saturated carbocycles. The molecule has 0 saturated heterocycles. The summed E-state index contributed by atoms with van der Waals surface area (Å²) in [6, 6.07) is 16.1. The van der Waals surface area contributed by atoms with Crippen LogP contribution in [0.3, 0.4) is 0 Å². The zero-order chi connectivity index (χ0) is 24.3. The number of ether oxygens (including phenoxy) is 2. The Labute approximate surface area is 200 Å². The number of nitrogens with zero attached hydrogens (tertiary/aromatic N) is 1. The number of fused-ring (bicyclic) bond motifs is 1. The summed E-state index contributed by atoms with van der Waals surface area (Å²) >= 11 is 1.42. The Morgan fingerprint density at radius 2 is 1.79 bits per heavy atom. The number of aromatic amines is 1. The number of carbonyl (C=O) groups excluding carboxylic acids is 1. The van der Waals surface area contributed by atoms with Crippen molar-refractivity contribution in [3.05, 3.63) is 92.4 Å². The van der Waals surface area contributed by atoms with Crippen molar-refractivity contribution in [3.8, 4) is 5.75 Å². The minimum atomic E-state index is -4.00. The van der Waals surface area contributed by atoms with Crippen molar-refractivity contribution in [1.82, 2.24) is 9.29 Å². The number of aromatic nitrogens is 1. The number of pyridine rings is 1. The zero-order valence-corrected chi connectivity index (χ0v) is 20.1. The maximum Gasteiger partial charge on any atom is 0.337 e. The van der Waals surface area contributed by atoms with Crippen molar-refractivity contribution in [2.75, 3.05) is 14.2 Å². The second-order valence-corrected chi connectivity index (χ2v) is 10.4. The van der Waals surface area contributed by atoms with E-state index in [1.54, 1.807) is 31.4 Å². The maximum absolute atomic E-state index is 13.6. The molecule has 8 nitrogen and oxygen atoms in total. The van der Waals surface area contributed by atoms with E-state index in [0.717, 1.165) is 10.3 Å². The van der Waals surface area contributed by atoms with Crippen molar-refractivity contribution >= 4 is 38.2 Å². The molecule has 0 fully saturated rings. The second kappa shape index (κ2) is 9.80. The molecule has 0 spiro atoms. The van der Waals surface area contributed by atoms with Gasteiger partial charge in [0, 0.05) is 34.4 Å². The maximum atomic E-state index is 13.6. The highest BCUT2D eigenvalue weighted by Crippen LogP contribution is 2.24. The predicted molar refractivity (Wildman–Crippen MR) is 130 cm³/mol. The first kappa shape index (κ1) is 23.7. The molecule has 0 atom stereocenters. The number of sulfonamides is 1. The molecule has 0 unspecified atom stereocenters. The highest BCUT2D eigenvalue weighted by molar-refractivity contribution is 7.89. The van der Waals surface area contributed by atoms with Gasteiger partial charge in [-0.3, -0.25) is 4.79 Å². The summed E-state index contributed by atoms with van der Waals surface area (Å²) in [6.07, 6.45) is 0. The molecular formula is C24H22N2O6S2. The van der Waals surface area contributed by atoms with Crippen molar-refractivity contribution in [1.29, 1.82) is 0 Å². The minimum absolute atomic E-state index is 0.00981. The van der Waals surface area contributed by atoms with E-state index in [4.69, 9.17) is 4.74 Å². The monoisotopic (exact) mass is 498 g/mol. The predicted octanol–water partition coefficient (Wildman–Crippen LogP) is 3.78. The largest absolute Gasteiger partial charge is 0.497 e. The Bertz CT molecular complexity index is 1480. The molecule has 4 aromatic rings. The first-order chi connectivity index (χ1) is 16.3. The van der Waals surface area contributed by atoms with Gasteiger partial charge in [0.1, 0.15) is 5.75 Å². The first-order valence-electron chi connectivity index (χ1n) is 10.2. The number of hydrogen-bond donors (Lipinski definition) is 1. The van der Waals surface area contributed by atoms with E-state index in [2.05, 4.69) is 9.72 Å². The van der Waals surface area contributed by atoms with Crippen LogP contribution < -0.4 is 10.3 Å². The number of esters is 1. The molecule has 2 aromatic carbocycles. The standard InChI is InChI=1S/C24H22N2O6S2/c1-31-19-7-10-22-17(13-19)12-18(23(27)25-22)14-26(15-20-4-3-11-33-20)34(29,30)21-8-5-16(6-9-21)24(28)32-2/h3-13H,14-15H2,1-2H3,(H,25,27). The average Bonchev–Trinajstić information content (AvgIpc) is 3.36. The van der Waals surface area contributed by atoms with Gasteiger partial charge in [0.25, 0.3) is 5.56 Å².